The first-order valence-electron chi connectivity index (χ1n) is 5.49. The van der Waals surface area contributed by atoms with Crippen LogP contribution in [0.4, 0.5) is 0 Å². The minimum absolute atomic E-state index is 0.212. The van der Waals surface area contributed by atoms with Crippen LogP contribution in [0.3, 0.4) is 0 Å². The van der Waals surface area contributed by atoms with E-state index in [0.29, 0.717) is 0 Å². The van der Waals surface area contributed by atoms with Crippen LogP contribution in [0, 0.1) is 6.92 Å². The number of carbonyl (C=O) groups excluding carboxylic acids is 1. The normalized spacial score (nSPS) is 10.4. The minimum atomic E-state index is -0.228. The van der Waals surface area contributed by atoms with Gasteiger partial charge in [0.15, 0.2) is 11.2 Å². The van der Waals surface area contributed by atoms with Gasteiger partial charge in [-0.3, -0.25) is 9.59 Å². The molecule has 0 aliphatic carbocycles. The van der Waals surface area contributed by atoms with E-state index >= 15 is 0 Å². The van der Waals surface area contributed by atoms with Crippen molar-refractivity contribution in [2.75, 3.05) is 0 Å². The van der Waals surface area contributed by atoms with Crippen LogP contribution in [0.1, 0.15) is 23.0 Å². The fourth-order valence-electron chi connectivity index (χ4n) is 1.78. The van der Waals surface area contributed by atoms with E-state index < -0.39 is 0 Å². The second-order valence-electron chi connectivity index (χ2n) is 4.10. The number of aryl methyl sites for hydroxylation is 1. The summed E-state index contributed by atoms with van der Waals surface area (Å²) in [5, 5.41) is 0. The maximum Gasteiger partial charge on any atom is 0.192 e. The molecule has 0 saturated carbocycles. The lowest BCUT2D eigenvalue weighted by atomic mass is 10.1. The predicted octanol–water partition coefficient (Wildman–Crippen LogP) is 3.11. The number of hydrogen-bond donors (Lipinski definition) is 0. The van der Waals surface area contributed by atoms with Crippen molar-refractivity contribution in [2.24, 2.45) is 0 Å². The highest BCUT2D eigenvalue weighted by atomic mass is 79.9. The second-order valence-corrected chi connectivity index (χ2v) is 5.01. The number of ketones is 1. The molecule has 2 rings (SSSR count). The number of aromatic nitrogens is 1. The molecule has 1 heterocycles. The lowest BCUT2D eigenvalue weighted by Gasteiger charge is -2.11. The topological polar surface area (TPSA) is 39.1 Å². The summed E-state index contributed by atoms with van der Waals surface area (Å²) in [6.45, 7) is 3.24. The summed E-state index contributed by atoms with van der Waals surface area (Å²) in [6, 6.07) is 9.16. The molecule has 4 heteroatoms. The first-order valence-corrected chi connectivity index (χ1v) is 6.28. The SMILES string of the molecule is CC(=O)c1cn(-c2ccc(Br)cc2)c(C)cc1=O. The molecule has 18 heavy (non-hydrogen) atoms. The monoisotopic (exact) mass is 305 g/mol. The standard InChI is InChI=1S/C14H12BrNO2/c1-9-7-14(18)13(10(2)17)8-16(9)12-5-3-11(15)4-6-12/h3-8H,1-2H3. The molecule has 0 spiro atoms. The molecule has 0 bridgehead atoms. The lowest BCUT2D eigenvalue weighted by molar-refractivity contribution is 0.101. The van der Waals surface area contributed by atoms with Crippen LogP contribution in [0.2, 0.25) is 0 Å². The Balaban J connectivity index is 2.64. The quantitative estimate of drug-likeness (QED) is 0.800. The highest BCUT2D eigenvalue weighted by molar-refractivity contribution is 9.10. The Bertz CT molecular complexity index is 656. The van der Waals surface area contributed by atoms with Gasteiger partial charge in [-0.2, -0.15) is 0 Å². The Morgan fingerprint density at radius 3 is 2.39 bits per heavy atom. The molecule has 1 aromatic carbocycles. The van der Waals surface area contributed by atoms with Gasteiger partial charge < -0.3 is 4.57 Å². The number of carbonyl (C=O) groups is 1. The van der Waals surface area contributed by atoms with Gasteiger partial charge in [-0.15, -0.1) is 0 Å². The van der Waals surface area contributed by atoms with E-state index in [1.165, 1.54) is 13.0 Å². The zero-order valence-corrected chi connectivity index (χ0v) is 11.7. The van der Waals surface area contributed by atoms with E-state index in [4.69, 9.17) is 0 Å². The fourth-order valence-corrected chi connectivity index (χ4v) is 2.04. The summed E-state index contributed by atoms with van der Waals surface area (Å²) in [5.74, 6) is -0.217. The van der Waals surface area contributed by atoms with Crippen molar-refractivity contribution in [3.8, 4) is 5.69 Å². The van der Waals surface area contributed by atoms with Gasteiger partial charge in [-0.1, -0.05) is 15.9 Å². The van der Waals surface area contributed by atoms with E-state index in [2.05, 4.69) is 15.9 Å². The van der Waals surface area contributed by atoms with Crippen molar-refractivity contribution >= 4 is 21.7 Å². The van der Waals surface area contributed by atoms with Gasteiger partial charge in [0.2, 0.25) is 0 Å². The Hall–Kier alpha value is -1.68. The Kier molecular flexibility index (Phi) is 3.48. The highest BCUT2D eigenvalue weighted by Crippen LogP contribution is 2.15. The van der Waals surface area contributed by atoms with Crippen molar-refractivity contribution in [2.45, 2.75) is 13.8 Å². The van der Waals surface area contributed by atoms with Crippen LogP contribution in [-0.4, -0.2) is 10.4 Å². The highest BCUT2D eigenvalue weighted by Gasteiger charge is 2.09. The van der Waals surface area contributed by atoms with Crippen molar-refractivity contribution in [3.63, 3.8) is 0 Å². The van der Waals surface area contributed by atoms with Gasteiger partial charge in [0.25, 0.3) is 0 Å². The molecule has 0 amide bonds. The molecular weight excluding hydrogens is 294 g/mol. The number of halogens is 1. The molecule has 0 aliphatic heterocycles. The molecule has 0 N–H and O–H groups in total. The second kappa shape index (κ2) is 4.90. The lowest BCUT2D eigenvalue weighted by Crippen LogP contribution is -2.16. The summed E-state index contributed by atoms with van der Waals surface area (Å²) in [7, 11) is 0. The average molecular weight is 306 g/mol. The van der Waals surface area contributed by atoms with Crippen LogP contribution in [0.25, 0.3) is 5.69 Å². The zero-order chi connectivity index (χ0) is 13.3. The van der Waals surface area contributed by atoms with Gasteiger partial charge >= 0.3 is 0 Å². The number of pyridine rings is 1. The maximum absolute atomic E-state index is 11.7. The van der Waals surface area contributed by atoms with Gasteiger partial charge in [0, 0.05) is 28.1 Å². The molecule has 1 aromatic heterocycles. The molecule has 3 nitrogen and oxygen atoms in total. The molecule has 2 aromatic rings. The molecule has 92 valence electrons. The number of benzene rings is 1. The largest absolute Gasteiger partial charge is 0.320 e. The summed E-state index contributed by atoms with van der Waals surface area (Å²) < 4.78 is 2.82. The minimum Gasteiger partial charge on any atom is -0.320 e. The number of rotatable bonds is 2. The first-order chi connectivity index (χ1) is 8.49. The van der Waals surface area contributed by atoms with Gasteiger partial charge in [-0.05, 0) is 38.1 Å². The van der Waals surface area contributed by atoms with E-state index in [9.17, 15) is 9.59 Å². The average Bonchev–Trinajstić information content (AvgIpc) is 2.30. The molecule has 0 saturated heterocycles. The van der Waals surface area contributed by atoms with Crippen molar-refractivity contribution in [1.29, 1.82) is 0 Å². The summed E-state index contributed by atoms with van der Waals surface area (Å²) in [5.41, 5.74) is 1.70. The van der Waals surface area contributed by atoms with E-state index in [0.717, 1.165) is 15.9 Å². The third-order valence-electron chi connectivity index (χ3n) is 2.73. The molecule has 0 fully saturated rings. The van der Waals surface area contributed by atoms with Crippen molar-refractivity contribution in [1.82, 2.24) is 4.57 Å². The van der Waals surface area contributed by atoms with E-state index in [1.54, 1.807) is 6.20 Å². The molecule has 0 aliphatic rings. The van der Waals surface area contributed by atoms with Gasteiger partial charge in [0.05, 0.1) is 5.56 Å². The van der Waals surface area contributed by atoms with E-state index in [1.807, 2.05) is 35.8 Å². The van der Waals surface area contributed by atoms with Crippen LogP contribution in [0.5, 0.6) is 0 Å². The van der Waals surface area contributed by atoms with Crippen LogP contribution < -0.4 is 5.43 Å². The van der Waals surface area contributed by atoms with E-state index in [-0.39, 0.29) is 16.8 Å². The summed E-state index contributed by atoms with van der Waals surface area (Å²) in [6.07, 6.45) is 1.60. The first kappa shape index (κ1) is 12.8. The summed E-state index contributed by atoms with van der Waals surface area (Å²) in [4.78, 5) is 23.1. The third kappa shape index (κ3) is 2.43. The smallest absolute Gasteiger partial charge is 0.192 e. The van der Waals surface area contributed by atoms with Gasteiger partial charge in [-0.25, -0.2) is 0 Å². The van der Waals surface area contributed by atoms with Crippen LogP contribution >= 0.6 is 15.9 Å². The zero-order valence-electron chi connectivity index (χ0n) is 10.1. The van der Waals surface area contributed by atoms with Crippen molar-refractivity contribution < 1.29 is 4.79 Å². The molecular formula is C14H12BrNO2. The number of hydrogen-bond acceptors (Lipinski definition) is 2. The van der Waals surface area contributed by atoms with Gasteiger partial charge in [0.1, 0.15) is 0 Å². The van der Waals surface area contributed by atoms with Crippen LogP contribution in [0.15, 0.2) is 45.8 Å². The predicted molar refractivity (Wildman–Crippen MR) is 74.5 cm³/mol. The Labute approximate surface area is 113 Å². The van der Waals surface area contributed by atoms with Crippen LogP contribution in [-0.2, 0) is 0 Å². The summed E-state index contributed by atoms with van der Waals surface area (Å²) >= 11 is 3.37. The molecule has 0 unspecified atom stereocenters. The third-order valence-corrected chi connectivity index (χ3v) is 3.26. The number of nitrogens with zero attached hydrogens (tertiary/aromatic N) is 1. The fraction of sp³-hybridized carbons (Fsp3) is 0.143. The molecule has 0 radical (unpaired) electrons. The molecule has 0 atom stereocenters. The number of Topliss-reactive ketones (excluding diaryl/α,β-unsaturated/α-hetero) is 1. The van der Waals surface area contributed by atoms with Crippen molar-refractivity contribution in [3.05, 3.63) is 62.5 Å². The Morgan fingerprint density at radius 1 is 1.22 bits per heavy atom. The maximum atomic E-state index is 11.7. The Morgan fingerprint density at radius 2 is 1.83 bits per heavy atom.